The van der Waals surface area contributed by atoms with Crippen LogP contribution in [0, 0.1) is 17.0 Å². The van der Waals surface area contributed by atoms with Crippen molar-refractivity contribution in [1.82, 2.24) is 14.8 Å². The largest absolute Gasteiger partial charge is 0.497 e. The topological polar surface area (TPSA) is 112 Å². The van der Waals surface area contributed by atoms with Gasteiger partial charge in [0, 0.05) is 17.2 Å². The van der Waals surface area contributed by atoms with E-state index in [0.29, 0.717) is 22.4 Å². The minimum Gasteiger partial charge on any atom is -0.497 e. The first-order chi connectivity index (χ1) is 14.4. The number of nitrogens with one attached hydrogen (secondary N) is 1. The van der Waals surface area contributed by atoms with Crippen LogP contribution in [0.5, 0.6) is 5.75 Å². The molecule has 0 aliphatic heterocycles. The maximum absolute atomic E-state index is 12.8. The summed E-state index contributed by atoms with van der Waals surface area (Å²) < 4.78 is 7.62. The predicted molar refractivity (Wildman–Crippen MR) is 114 cm³/mol. The highest BCUT2D eigenvalue weighted by Gasteiger charge is 2.23. The average molecular weight is 444 g/mol. The number of aromatic nitrogens is 3. The molecule has 1 amide bonds. The highest BCUT2D eigenvalue weighted by Crippen LogP contribution is 2.30. The molecule has 0 aliphatic carbocycles. The molecule has 4 aromatic rings. The van der Waals surface area contributed by atoms with Gasteiger partial charge < -0.3 is 10.1 Å². The lowest BCUT2D eigenvalue weighted by Gasteiger charge is -2.07. The molecule has 4 rings (SSSR count). The van der Waals surface area contributed by atoms with Crippen LogP contribution in [0.2, 0.25) is 5.02 Å². The summed E-state index contributed by atoms with van der Waals surface area (Å²) >= 11 is 7.20. The van der Waals surface area contributed by atoms with Crippen molar-refractivity contribution in [2.24, 2.45) is 0 Å². The van der Waals surface area contributed by atoms with Crippen molar-refractivity contribution in [1.29, 1.82) is 0 Å². The Bertz CT molecular complexity index is 1300. The van der Waals surface area contributed by atoms with Crippen molar-refractivity contribution in [3.05, 3.63) is 68.9 Å². The number of carbonyl (C=O) groups is 1. The molecular formula is C19H14ClN5O4S. The van der Waals surface area contributed by atoms with Gasteiger partial charge in [-0.15, -0.1) is 0 Å². The van der Waals surface area contributed by atoms with Crippen molar-refractivity contribution in [3.8, 4) is 10.9 Å². The number of rotatable bonds is 5. The van der Waals surface area contributed by atoms with Crippen LogP contribution in [0.25, 0.3) is 15.3 Å². The molecule has 11 heteroatoms. The van der Waals surface area contributed by atoms with E-state index in [1.165, 1.54) is 28.2 Å². The molecule has 30 heavy (non-hydrogen) atoms. The summed E-state index contributed by atoms with van der Waals surface area (Å²) in [4.78, 5) is 28.0. The maximum atomic E-state index is 12.8. The number of halogens is 1. The van der Waals surface area contributed by atoms with Gasteiger partial charge in [-0.25, -0.2) is 4.98 Å². The molecule has 0 saturated heterocycles. The lowest BCUT2D eigenvalue weighted by atomic mass is 10.1. The number of ether oxygens (including phenoxy) is 1. The molecule has 9 nitrogen and oxygen atoms in total. The van der Waals surface area contributed by atoms with Crippen LogP contribution in [0.1, 0.15) is 16.1 Å². The number of aryl methyl sites for hydroxylation is 1. The lowest BCUT2D eigenvalue weighted by Crippen LogP contribution is -2.16. The van der Waals surface area contributed by atoms with Gasteiger partial charge in [-0.05, 0) is 37.3 Å². The predicted octanol–water partition coefficient (Wildman–Crippen LogP) is 4.61. The third-order valence-electron chi connectivity index (χ3n) is 4.24. The number of amides is 1. The number of benzene rings is 2. The summed E-state index contributed by atoms with van der Waals surface area (Å²) in [5, 5.41) is 19.1. The molecule has 0 aliphatic rings. The second-order valence-corrected chi connectivity index (χ2v) is 7.73. The Hall–Kier alpha value is -3.50. The van der Waals surface area contributed by atoms with E-state index in [-0.39, 0.29) is 16.3 Å². The van der Waals surface area contributed by atoms with Crippen LogP contribution in [-0.2, 0) is 0 Å². The Morgan fingerprint density at radius 2 is 2.07 bits per heavy atom. The quantitative estimate of drug-likeness (QED) is 0.356. The van der Waals surface area contributed by atoms with Gasteiger partial charge in [-0.1, -0.05) is 22.9 Å². The monoisotopic (exact) mass is 443 g/mol. The van der Waals surface area contributed by atoms with E-state index in [0.717, 1.165) is 16.3 Å². The molecule has 0 bridgehead atoms. The van der Waals surface area contributed by atoms with Gasteiger partial charge in [0.1, 0.15) is 17.1 Å². The van der Waals surface area contributed by atoms with Crippen molar-refractivity contribution < 1.29 is 14.5 Å². The highest BCUT2D eigenvalue weighted by molar-refractivity contribution is 7.20. The average Bonchev–Trinajstić information content (AvgIpc) is 3.29. The normalized spacial score (nSPS) is 10.9. The number of nitrogens with zero attached hydrogens (tertiary/aromatic N) is 4. The molecule has 0 unspecified atom stereocenters. The Morgan fingerprint density at radius 1 is 1.27 bits per heavy atom. The fourth-order valence-electron chi connectivity index (χ4n) is 2.88. The second-order valence-electron chi connectivity index (χ2n) is 6.29. The standard InChI is InChI=1S/C19H14ClN5O4S/c1-10-7-17(22-18(26)13-5-3-11(20)8-15(13)25(27)28)24(23-10)19-21-14-6-4-12(29-2)9-16(14)30-19/h3-9H,1-2H3,(H,22,26). The zero-order chi connectivity index (χ0) is 21.4. The highest BCUT2D eigenvalue weighted by atomic mass is 35.5. The number of nitro groups is 1. The van der Waals surface area contributed by atoms with E-state index in [4.69, 9.17) is 16.3 Å². The number of hydrogen-bond acceptors (Lipinski definition) is 7. The molecule has 0 fully saturated rings. The first-order valence-corrected chi connectivity index (χ1v) is 9.82. The zero-order valence-corrected chi connectivity index (χ0v) is 17.3. The van der Waals surface area contributed by atoms with Crippen LogP contribution < -0.4 is 10.1 Å². The second kappa shape index (κ2) is 7.73. The van der Waals surface area contributed by atoms with Gasteiger partial charge >= 0.3 is 0 Å². The molecule has 152 valence electrons. The van der Waals surface area contributed by atoms with Crippen LogP contribution in [-0.4, -0.2) is 32.7 Å². The molecule has 1 N–H and O–H groups in total. The molecule has 2 aromatic carbocycles. The molecule has 0 radical (unpaired) electrons. The van der Waals surface area contributed by atoms with E-state index in [2.05, 4.69) is 15.4 Å². The van der Waals surface area contributed by atoms with Gasteiger partial charge in [-0.3, -0.25) is 14.9 Å². The number of nitro benzene ring substituents is 1. The van der Waals surface area contributed by atoms with E-state index in [1.54, 1.807) is 20.1 Å². The SMILES string of the molecule is COc1ccc2nc(-n3nc(C)cc3NC(=O)c3ccc(Cl)cc3[N+](=O)[O-])sc2c1. The Labute approximate surface area is 179 Å². The minimum atomic E-state index is -0.651. The number of methoxy groups -OCH3 is 1. The van der Waals surface area contributed by atoms with Crippen molar-refractivity contribution >= 4 is 50.6 Å². The molecule has 0 spiro atoms. The van der Waals surface area contributed by atoms with Crippen LogP contribution in [0.15, 0.2) is 42.5 Å². The van der Waals surface area contributed by atoms with E-state index >= 15 is 0 Å². The third-order valence-corrected chi connectivity index (χ3v) is 5.47. The van der Waals surface area contributed by atoms with Gasteiger partial charge in [-0.2, -0.15) is 9.78 Å². The van der Waals surface area contributed by atoms with Gasteiger partial charge in [0.05, 0.1) is 27.9 Å². The maximum Gasteiger partial charge on any atom is 0.283 e. The lowest BCUT2D eigenvalue weighted by molar-refractivity contribution is -0.385. The minimum absolute atomic E-state index is 0.108. The summed E-state index contributed by atoms with van der Waals surface area (Å²) in [6, 6.07) is 11.0. The Balaban J connectivity index is 1.71. The molecular weight excluding hydrogens is 430 g/mol. The first kappa shape index (κ1) is 19.8. The Kier molecular flexibility index (Phi) is 5.10. The Morgan fingerprint density at radius 3 is 2.80 bits per heavy atom. The number of hydrogen-bond donors (Lipinski definition) is 1. The summed E-state index contributed by atoms with van der Waals surface area (Å²) in [7, 11) is 1.59. The van der Waals surface area contributed by atoms with Crippen molar-refractivity contribution in [2.45, 2.75) is 6.92 Å². The fourth-order valence-corrected chi connectivity index (χ4v) is 4.00. The number of anilines is 1. The third kappa shape index (κ3) is 3.70. The van der Waals surface area contributed by atoms with Gasteiger partial charge in [0.25, 0.3) is 11.6 Å². The van der Waals surface area contributed by atoms with Gasteiger partial charge in [0.2, 0.25) is 5.13 Å². The molecule has 2 aromatic heterocycles. The first-order valence-electron chi connectivity index (χ1n) is 8.62. The summed E-state index contributed by atoms with van der Waals surface area (Å²) in [5.74, 6) is 0.396. The van der Waals surface area contributed by atoms with E-state index < -0.39 is 10.8 Å². The van der Waals surface area contributed by atoms with Gasteiger partial charge in [0.15, 0.2) is 0 Å². The number of thiazole rings is 1. The van der Waals surface area contributed by atoms with Crippen LogP contribution >= 0.6 is 22.9 Å². The zero-order valence-electron chi connectivity index (χ0n) is 15.7. The number of fused-ring (bicyclic) bond motifs is 1. The van der Waals surface area contributed by atoms with Crippen molar-refractivity contribution in [2.75, 3.05) is 12.4 Å². The summed E-state index contributed by atoms with van der Waals surface area (Å²) in [6.45, 7) is 1.77. The van der Waals surface area contributed by atoms with E-state index in [9.17, 15) is 14.9 Å². The summed E-state index contributed by atoms with van der Waals surface area (Å²) in [5.41, 5.74) is 0.918. The van der Waals surface area contributed by atoms with Crippen LogP contribution in [0.3, 0.4) is 0 Å². The van der Waals surface area contributed by atoms with Crippen molar-refractivity contribution in [3.63, 3.8) is 0 Å². The fraction of sp³-hybridized carbons (Fsp3) is 0.105. The van der Waals surface area contributed by atoms with Crippen LogP contribution in [0.4, 0.5) is 11.5 Å². The smallest absolute Gasteiger partial charge is 0.283 e. The molecule has 2 heterocycles. The van der Waals surface area contributed by atoms with E-state index in [1.807, 2.05) is 18.2 Å². The number of carbonyl (C=O) groups excluding carboxylic acids is 1. The summed E-state index contributed by atoms with van der Waals surface area (Å²) in [6.07, 6.45) is 0. The molecule has 0 saturated carbocycles. The molecule has 0 atom stereocenters.